The van der Waals surface area contributed by atoms with Crippen molar-refractivity contribution in [2.75, 3.05) is 0 Å². The van der Waals surface area contributed by atoms with E-state index in [-0.39, 0.29) is 17.2 Å². The van der Waals surface area contributed by atoms with Gasteiger partial charge in [-0.3, -0.25) is 4.79 Å². The highest BCUT2D eigenvalue weighted by atomic mass is 16.5. The van der Waals surface area contributed by atoms with E-state index < -0.39 is 12.1 Å². The van der Waals surface area contributed by atoms with Crippen LogP contribution in [0.5, 0.6) is 0 Å². The van der Waals surface area contributed by atoms with Gasteiger partial charge in [0.1, 0.15) is 6.07 Å². The molecule has 0 amide bonds. The van der Waals surface area contributed by atoms with E-state index in [0.29, 0.717) is 17.3 Å². The Balaban J connectivity index is 2.62. The van der Waals surface area contributed by atoms with Gasteiger partial charge in [-0.15, -0.1) is 0 Å². The summed E-state index contributed by atoms with van der Waals surface area (Å²) in [5, 5.41) is 13.8. The summed E-state index contributed by atoms with van der Waals surface area (Å²) in [6.07, 6.45) is -0.876. The van der Waals surface area contributed by atoms with Crippen LogP contribution in [0.2, 0.25) is 0 Å². The van der Waals surface area contributed by atoms with E-state index in [1.54, 1.807) is 24.3 Å². The van der Waals surface area contributed by atoms with Crippen LogP contribution in [0.3, 0.4) is 0 Å². The summed E-state index contributed by atoms with van der Waals surface area (Å²) in [7, 11) is 0. The molecule has 0 saturated heterocycles. The third-order valence-electron chi connectivity index (χ3n) is 3.06. The molecule has 1 aromatic carbocycles. The highest BCUT2D eigenvalue weighted by Crippen LogP contribution is 2.15. The summed E-state index contributed by atoms with van der Waals surface area (Å²) in [6.45, 7) is 5.79. The molecule has 2 aromatic rings. The summed E-state index contributed by atoms with van der Waals surface area (Å²) in [5.74, 6) is -0.504. The van der Waals surface area contributed by atoms with E-state index in [0.717, 1.165) is 0 Å². The monoisotopic (exact) mass is 299 g/mol. The largest absolute Gasteiger partial charge is 0.442 e. The van der Waals surface area contributed by atoms with Crippen LogP contribution < -0.4 is 5.56 Å². The first-order valence-electron chi connectivity index (χ1n) is 7.04. The molecular weight excluding hydrogens is 282 g/mol. The lowest BCUT2D eigenvalue weighted by Gasteiger charge is -2.12. The molecule has 0 bridgehead atoms. The molecule has 0 unspecified atom stereocenters. The molecule has 0 fully saturated rings. The zero-order valence-corrected chi connectivity index (χ0v) is 12.7. The number of hydrogen-bond acceptors (Lipinski definition) is 5. The highest BCUT2D eigenvalue weighted by molar-refractivity contribution is 6.02. The Labute approximate surface area is 127 Å². The van der Waals surface area contributed by atoms with E-state index in [1.165, 1.54) is 11.6 Å². The Hall–Kier alpha value is -2.68. The van der Waals surface area contributed by atoms with Gasteiger partial charge in [-0.1, -0.05) is 32.0 Å². The number of carbonyl (C=O) groups is 1. The molecule has 0 aliphatic rings. The first-order valence-corrected chi connectivity index (χ1v) is 7.04. The predicted octanol–water partition coefficient (Wildman–Crippen LogP) is 2.12. The van der Waals surface area contributed by atoms with E-state index >= 15 is 0 Å². The van der Waals surface area contributed by atoms with Gasteiger partial charge in [0.25, 0.3) is 5.56 Å². The third kappa shape index (κ3) is 3.14. The van der Waals surface area contributed by atoms with Crippen LogP contribution in [-0.2, 0) is 11.3 Å². The van der Waals surface area contributed by atoms with Crippen molar-refractivity contribution in [2.45, 2.75) is 33.4 Å². The second-order valence-corrected chi connectivity index (χ2v) is 5.45. The van der Waals surface area contributed by atoms with Gasteiger partial charge in [0, 0.05) is 11.9 Å². The van der Waals surface area contributed by atoms with Gasteiger partial charge in [0.15, 0.2) is 11.8 Å². The minimum absolute atomic E-state index is 0.0537. The van der Waals surface area contributed by atoms with E-state index in [1.807, 2.05) is 19.9 Å². The number of carbonyl (C=O) groups excluding carboxylic acids is 1. The standard InChI is InChI=1S/C16H17N3O3/c1-10(2)9-19-15(20)13-7-5-4-6-12(13)14(18-19)16(21)22-11(3)8-17/h4-7,10-11H,9H2,1-3H3/t11-/m0/s1. The molecule has 2 rings (SSSR count). The number of ether oxygens (including phenoxy) is 1. The maximum atomic E-state index is 12.4. The van der Waals surface area contributed by atoms with Crippen molar-refractivity contribution in [2.24, 2.45) is 5.92 Å². The van der Waals surface area contributed by atoms with Crippen LogP contribution in [0.4, 0.5) is 0 Å². The summed E-state index contributed by atoms with van der Waals surface area (Å²) >= 11 is 0. The van der Waals surface area contributed by atoms with Crippen molar-refractivity contribution in [3.05, 3.63) is 40.3 Å². The summed E-state index contributed by atoms with van der Waals surface area (Å²) in [6, 6.07) is 8.59. The lowest BCUT2D eigenvalue weighted by molar-refractivity contribution is 0.0427. The van der Waals surface area contributed by atoms with Crippen molar-refractivity contribution in [1.82, 2.24) is 9.78 Å². The number of hydrogen-bond donors (Lipinski definition) is 0. The van der Waals surface area contributed by atoms with Crippen LogP contribution >= 0.6 is 0 Å². The van der Waals surface area contributed by atoms with Gasteiger partial charge in [0.2, 0.25) is 0 Å². The fourth-order valence-corrected chi connectivity index (χ4v) is 2.10. The molecule has 6 heteroatoms. The molecular formula is C16H17N3O3. The van der Waals surface area contributed by atoms with E-state index in [9.17, 15) is 9.59 Å². The molecule has 114 valence electrons. The molecule has 1 heterocycles. The Morgan fingerprint density at radius 1 is 1.32 bits per heavy atom. The molecule has 0 N–H and O–H groups in total. The van der Waals surface area contributed by atoms with Crippen LogP contribution in [0.1, 0.15) is 31.3 Å². The topological polar surface area (TPSA) is 85.0 Å². The van der Waals surface area contributed by atoms with Gasteiger partial charge in [-0.25, -0.2) is 9.48 Å². The third-order valence-corrected chi connectivity index (χ3v) is 3.06. The first-order chi connectivity index (χ1) is 10.4. The van der Waals surface area contributed by atoms with Crippen LogP contribution in [0.25, 0.3) is 10.8 Å². The van der Waals surface area contributed by atoms with Gasteiger partial charge >= 0.3 is 5.97 Å². The van der Waals surface area contributed by atoms with Crippen LogP contribution in [-0.4, -0.2) is 21.9 Å². The average Bonchev–Trinajstić information content (AvgIpc) is 2.49. The second kappa shape index (κ2) is 6.39. The molecule has 0 aliphatic carbocycles. The van der Waals surface area contributed by atoms with Crippen molar-refractivity contribution < 1.29 is 9.53 Å². The minimum Gasteiger partial charge on any atom is -0.442 e. The second-order valence-electron chi connectivity index (χ2n) is 5.45. The zero-order chi connectivity index (χ0) is 16.3. The molecule has 6 nitrogen and oxygen atoms in total. The SMILES string of the molecule is CC(C)Cn1nc(C(=O)O[C@@H](C)C#N)c2ccccc2c1=O. The summed E-state index contributed by atoms with van der Waals surface area (Å²) < 4.78 is 6.29. The molecule has 0 aliphatic heterocycles. The molecule has 0 saturated carbocycles. The van der Waals surface area contributed by atoms with Crippen molar-refractivity contribution in [1.29, 1.82) is 5.26 Å². The number of esters is 1. The number of aromatic nitrogens is 2. The predicted molar refractivity (Wildman–Crippen MR) is 81.3 cm³/mol. The average molecular weight is 299 g/mol. The maximum absolute atomic E-state index is 12.4. The van der Waals surface area contributed by atoms with Crippen molar-refractivity contribution in [3.63, 3.8) is 0 Å². The molecule has 0 spiro atoms. The molecule has 1 atom stereocenters. The Morgan fingerprint density at radius 3 is 2.55 bits per heavy atom. The summed E-state index contributed by atoms with van der Waals surface area (Å²) in [5.41, 5.74) is -0.188. The molecule has 1 aromatic heterocycles. The van der Waals surface area contributed by atoms with E-state index in [4.69, 9.17) is 10.00 Å². The maximum Gasteiger partial charge on any atom is 0.360 e. The number of fused-ring (bicyclic) bond motifs is 1. The fourth-order valence-electron chi connectivity index (χ4n) is 2.10. The van der Waals surface area contributed by atoms with E-state index in [2.05, 4.69) is 5.10 Å². The van der Waals surface area contributed by atoms with Crippen LogP contribution in [0, 0.1) is 17.2 Å². The Morgan fingerprint density at radius 2 is 1.95 bits per heavy atom. The lowest BCUT2D eigenvalue weighted by atomic mass is 10.1. The molecule has 0 radical (unpaired) electrons. The van der Waals surface area contributed by atoms with Gasteiger partial charge < -0.3 is 4.74 Å². The summed E-state index contributed by atoms with van der Waals surface area (Å²) in [4.78, 5) is 24.6. The van der Waals surface area contributed by atoms with Crippen molar-refractivity contribution >= 4 is 16.7 Å². The van der Waals surface area contributed by atoms with Crippen LogP contribution in [0.15, 0.2) is 29.1 Å². The van der Waals surface area contributed by atoms with Gasteiger partial charge in [-0.05, 0) is 18.9 Å². The quantitative estimate of drug-likeness (QED) is 0.807. The smallest absolute Gasteiger partial charge is 0.360 e. The lowest BCUT2D eigenvalue weighted by Crippen LogP contribution is -2.28. The highest BCUT2D eigenvalue weighted by Gasteiger charge is 2.20. The fraction of sp³-hybridized carbons (Fsp3) is 0.375. The number of rotatable bonds is 4. The Kier molecular flexibility index (Phi) is 4.56. The number of benzene rings is 1. The first kappa shape index (κ1) is 15.7. The number of nitriles is 1. The van der Waals surface area contributed by atoms with Gasteiger partial charge in [-0.2, -0.15) is 10.4 Å². The Bertz CT molecular complexity index is 802. The minimum atomic E-state index is -0.876. The number of nitrogens with zero attached hydrogens (tertiary/aromatic N) is 3. The normalized spacial score (nSPS) is 12.1. The molecule has 22 heavy (non-hydrogen) atoms. The van der Waals surface area contributed by atoms with Crippen molar-refractivity contribution in [3.8, 4) is 6.07 Å². The zero-order valence-electron chi connectivity index (χ0n) is 12.7. The van der Waals surface area contributed by atoms with Gasteiger partial charge in [0.05, 0.1) is 5.39 Å².